The van der Waals surface area contributed by atoms with Gasteiger partial charge >= 0.3 is 0 Å². The first-order valence-corrected chi connectivity index (χ1v) is 6.59. The molecule has 0 amide bonds. The van der Waals surface area contributed by atoms with Gasteiger partial charge in [-0.05, 0) is 23.5 Å². The van der Waals surface area contributed by atoms with Gasteiger partial charge in [-0.15, -0.1) is 0 Å². The lowest BCUT2D eigenvalue weighted by atomic mass is 9.81. The summed E-state index contributed by atoms with van der Waals surface area (Å²) in [4.78, 5) is 0. The minimum absolute atomic E-state index is 0.235. The maximum atomic E-state index is 9.41. The molecule has 0 saturated heterocycles. The molecule has 2 N–H and O–H groups in total. The maximum absolute atomic E-state index is 9.41. The van der Waals surface area contributed by atoms with E-state index in [1.807, 2.05) is 6.07 Å². The molecule has 0 saturated carbocycles. The Morgan fingerprint density at radius 2 is 2.17 bits per heavy atom. The van der Waals surface area contributed by atoms with Crippen molar-refractivity contribution in [3.8, 4) is 11.5 Å². The molecule has 0 radical (unpaired) electrons. The molecule has 0 bridgehead atoms. The Morgan fingerprint density at radius 3 is 2.83 bits per heavy atom. The van der Waals surface area contributed by atoms with Crippen LogP contribution in [0.1, 0.15) is 39.3 Å². The molecule has 1 unspecified atom stereocenters. The molecule has 0 fully saturated rings. The lowest BCUT2D eigenvalue weighted by molar-refractivity contribution is 0.217. The number of ether oxygens (including phenoxy) is 1. The van der Waals surface area contributed by atoms with E-state index in [0.717, 1.165) is 17.9 Å². The summed E-state index contributed by atoms with van der Waals surface area (Å²) in [6.07, 6.45) is 0. The summed E-state index contributed by atoms with van der Waals surface area (Å²) < 4.78 is 5.60. The third-order valence-corrected chi connectivity index (χ3v) is 4.15. The third-order valence-electron chi connectivity index (χ3n) is 4.15. The second-order valence-electron chi connectivity index (χ2n) is 6.11. The van der Waals surface area contributed by atoms with Gasteiger partial charge in [0.15, 0.2) is 0 Å². The minimum atomic E-state index is 0.235. The number of fused-ring (bicyclic) bond motifs is 1. The van der Waals surface area contributed by atoms with Crippen molar-refractivity contribution in [3.63, 3.8) is 0 Å². The number of rotatable bonds is 4. The van der Waals surface area contributed by atoms with Crippen LogP contribution in [0, 0.1) is 11.3 Å². The number of hydrogen-bond donors (Lipinski definition) is 2. The van der Waals surface area contributed by atoms with Gasteiger partial charge in [-0.25, -0.2) is 0 Å². The van der Waals surface area contributed by atoms with Gasteiger partial charge in [0.05, 0.1) is 6.04 Å². The first-order chi connectivity index (χ1) is 8.40. The molecule has 1 aromatic carbocycles. The quantitative estimate of drug-likeness (QED) is 0.861. The highest BCUT2D eigenvalue weighted by atomic mass is 16.5. The second-order valence-corrected chi connectivity index (χ2v) is 6.11. The topological polar surface area (TPSA) is 41.5 Å². The third kappa shape index (κ3) is 2.61. The van der Waals surface area contributed by atoms with Crippen molar-refractivity contribution in [1.29, 1.82) is 0 Å². The van der Waals surface area contributed by atoms with E-state index < -0.39 is 0 Å². The molecular formula is C15H23NO2. The molecule has 0 aliphatic carbocycles. The van der Waals surface area contributed by atoms with Crippen LogP contribution in [0.15, 0.2) is 18.2 Å². The predicted octanol–water partition coefficient (Wildman–Crippen LogP) is 3.10. The van der Waals surface area contributed by atoms with E-state index in [1.54, 1.807) is 12.1 Å². The lowest BCUT2D eigenvalue weighted by Crippen LogP contribution is -2.36. The molecule has 0 aromatic heterocycles. The summed E-state index contributed by atoms with van der Waals surface area (Å²) in [6.45, 7) is 10.7. The molecule has 1 aliphatic rings. The first-order valence-electron chi connectivity index (χ1n) is 6.59. The van der Waals surface area contributed by atoms with Gasteiger partial charge in [-0.2, -0.15) is 0 Å². The Kier molecular flexibility index (Phi) is 3.53. The highest BCUT2D eigenvalue weighted by Crippen LogP contribution is 2.35. The van der Waals surface area contributed by atoms with E-state index in [2.05, 4.69) is 33.0 Å². The normalized spacial score (nSPS) is 18.8. The molecule has 0 spiro atoms. The molecule has 100 valence electrons. The van der Waals surface area contributed by atoms with E-state index in [-0.39, 0.29) is 17.2 Å². The number of benzene rings is 1. The Labute approximate surface area is 109 Å². The van der Waals surface area contributed by atoms with Gasteiger partial charge < -0.3 is 15.2 Å². The summed E-state index contributed by atoms with van der Waals surface area (Å²) in [5, 5.41) is 13.0. The summed E-state index contributed by atoms with van der Waals surface area (Å²) in [6, 6.07) is 5.58. The molecule has 18 heavy (non-hydrogen) atoms. The number of nitrogens with one attached hydrogen (secondary N) is 1. The smallest absolute Gasteiger partial charge is 0.127 e. The van der Waals surface area contributed by atoms with Gasteiger partial charge in [-0.3, -0.25) is 0 Å². The van der Waals surface area contributed by atoms with E-state index in [9.17, 15) is 5.11 Å². The monoisotopic (exact) mass is 249 g/mol. The molecule has 3 heteroatoms. The Bertz CT molecular complexity index is 427. The van der Waals surface area contributed by atoms with Crippen LogP contribution in [0.2, 0.25) is 0 Å². The van der Waals surface area contributed by atoms with Gasteiger partial charge in [0.25, 0.3) is 0 Å². The fourth-order valence-electron chi connectivity index (χ4n) is 1.96. The standard InChI is InChI=1S/C15H23NO2/c1-10(2)15(3,4)9-16-13-8-18-14-7-11(17)5-6-12(13)14/h5-7,10,13,16-17H,8-9H2,1-4H3. The van der Waals surface area contributed by atoms with Crippen LogP contribution in [-0.2, 0) is 0 Å². The van der Waals surface area contributed by atoms with Crippen molar-refractivity contribution in [1.82, 2.24) is 5.32 Å². The summed E-state index contributed by atoms with van der Waals surface area (Å²) in [7, 11) is 0. The number of phenolic OH excluding ortho intramolecular Hbond substituents is 1. The summed E-state index contributed by atoms with van der Waals surface area (Å²) in [5.74, 6) is 1.69. The molecule has 1 atom stereocenters. The van der Waals surface area contributed by atoms with Crippen LogP contribution >= 0.6 is 0 Å². The van der Waals surface area contributed by atoms with Crippen LogP contribution in [0.4, 0.5) is 0 Å². The average molecular weight is 249 g/mol. The highest BCUT2D eigenvalue weighted by molar-refractivity contribution is 5.44. The molecule has 2 rings (SSSR count). The zero-order valence-electron chi connectivity index (χ0n) is 11.7. The Hall–Kier alpha value is -1.22. The van der Waals surface area contributed by atoms with Crippen LogP contribution < -0.4 is 10.1 Å². The van der Waals surface area contributed by atoms with Gasteiger partial charge in [0.2, 0.25) is 0 Å². The molecular weight excluding hydrogens is 226 g/mol. The summed E-state index contributed by atoms with van der Waals surface area (Å²) in [5.41, 5.74) is 1.41. The number of hydrogen-bond acceptors (Lipinski definition) is 3. The zero-order chi connectivity index (χ0) is 13.3. The first kappa shape index (κ1) is 13.2. The SMILES string of the molecule is CC(C)C(C)(C)CNC1COc2cc(O)ccc21. The second kappa shape index (κ2) is 4.81. The van der Waals surface area contributed by atoms with Gasteiger partial charge in [-0.1, -0.05) is 27.7 Å². The molecule has 1 aliphatic heterocycles. The number of phenols is 1. The fourth-order valence-corrected chi connectivity index (χ4v) is 1.96. The van der Waals surface area contributed by atoms with E-state index in [1.165, 1.54) is 0 Å². The highest BCUT2D eigenvalue weighted by Gasteiger charge is 2.28. The van der Waals surface area contributed by atoms with Crippen LogP contribution in [0.25, 0.3) is 0 Å². The molecule has 1 aromatic rings. The Morgan fingerprint density at radius 1 is 1.44 bits per heavy atom. The van der Waals surface area contributed by atoms with Gasteiger partial charge in [0, 0.05) is 18.2 Å². The van der Waals surface area contributed by atoms with Crippen LogP contribution in [0.5, 0.6) is 11.5 Å². The predicted molar refractivity (Wildman–Crippen MR) is 73.0 cm³/mol. The minimum Gasteiger partial charge on any atom is -0.508 e. The largest absolute Gasteiger partial charge is 0.508 e. The van der Waals surface area contributed by atoms with Crippen molar-refractivity contribution < 1.29 is 9.84 Å². The lowest BCUT2D eigenvalue weighted by Gasteiger charge is -2.30. The fraction of sp³-hybridized carbons (Fsp3) is 0.600. The van der Waals surface area contributed by atoms with Crippen LogP contribution in [0.3, 0.4) is 0 Å². The van der Waals surface area contributed by atoms with Crippen molar-refractivity contribution in [3.05, 3.63) is 23.8 Å². The maximum Gasteiger partial charge on any atom is 0.127 e. The van der Waals surface area contributed by atoms with E-state index in [0.29, 0.717) is 12.5 Å². The van der Waals surface area contributed by atoms with Crippen molar-refractivity contribution in [2.24, 2.45) is 11.3 Å². The van der Waals surface area contributed by atoms with Crippen LogP contribution in [-0.4, -0.2) is 18.3 Å². The van der Waals surface area contributed by atoms with Crippen molar-refractivity contribution in [2.45, 2.75) is 33.7 Å². The van der Waals surface area contributed by atoms with Gasteiger partial charge in [0.1, 0.15) is 18.1 Å². The van der Waals surface area contributed by atoms with Crippen molar-refractivity contribution >= 4 is 0 Å². The molecule has 3 nitrogen and oxygen atoms in total. The summed E-state index contributed by atoms with van der Waals surface area (Å²) >= 11 is 0. The number of aromatic hydroxyl groups is 1. The van der Waals surface area contributed by atoms with E-state index in [4.69, 9.17) is 4.74 Å². The Balaban J connectivity index is 2.02. The molecule has 1 heterocycles. The van der Waals surface area contributed by atoms with Crippen molar-refractivity contribution in [2.75, 3.05) is 13.2 Å². The van der Waals surface area contributed by atoms with E-state index >= 15 is 0 Å². The average Bonchev–Trinajstić information content (AvgIpc) is 2.68. The zero-order valence-corrected chi connectivity index (χ0v) is 11.7.